The molecular formula is C23H26O7. The highest BCUT2D eigenvalue weighted by molar-refractivity contribution is 5.60. The number of aliphatic hydroxyl groups is 1. The highest BCUT2D eigenvalue weighted by Gasteiger charge is 2.51. The van der Waals surface area contributed by atoms with Gasteiger partial charge in [0.25, 0.3) is 0 Å². The number of methoxy groups -OCH3 is 3. The van der Waals surface area contributed by atoms with Gasteiger partial charge in [0.05, 0.1) is 21.3 Å². The van der Waals surface area contributed by atoms with Gasteiger partial charge in [-0.15, -0.1) is 0 Å². The largest absolute Gasteiger partial charge is 0.493 e. The van der Waals surface area contributed by atoms with Gasteiger partial charge in [0.2, 0.25) is 18.3 Å². The zero-order chi connectivity index (χ0) is 20.9. The van der Waals surface area contributed by atoms with E-state index in [4.69, 9.17) is 28.4 Å². The molecule has 2 heterocycles. The molecule has 0 saturated heterocycles. The van der Waals surface area contributed by atoms with Gasteiger partial charge in [0, 0.05) is 29.9 Å². The Bertz CT molecular complexity index is 947. The molecule has 7 nitrogen and oxygen atoms in total. The van der Waals surface area contributed by atoms with Crippen LogP contribution in [-0.4, -0.2) is 39.0 Å². The van der Waals surface area contributed by atoms with Crippen molar-refractivity contribution in [1.82, 2.24) is 0 Å². The molecule has 1 aliphatic carbocycles. The number of benzene rings is 2. The Hall–Kier alpha value is -2.80. The highest BCUT2D eigenvalue weighted by Crippen LogP contribution is 2.56. The van der Waals surface area contributed by atoms with E-state index in [1.165, 1.54) is 0 Å². The molecule has 160 valence electrons. The van der Waals surface area contributed by atoms with Crippen LogP contribution in [0.25, 0.3) is 0 Å². The molecule has 1 N–H and O–H groups in total. The van der Waals surface area contributed by atoms with Crippen LogP contribution in [0.3, 0.4) is 0 Å². The van der Waals surface area contributed by atoms with Crippen LogP contribution >= 0.6 is 0 Å². The average Bonchev–Trinajstić information content (AvgIpc) is 3.21. The van der Waals surface area contributed by atoms with E-state index in [0.717, 1.165) is 30.4 Å². The van der Waals surface area contributed by atoms with E-state index in [1.54, 1.807) is 21.3 Å². The molecule has 3 atom stereocenters. The summed E-state index contributed by atoms with van der Waals surface area (Å²) in [6, 6.07) is 7.71. The summed E-state index contributed by atoms with van der Waals surface area (Å²) in [6.45, 7) is 0.181. The summed E-state index contributed by atoms with van der Waals surface area (Å²) in [5.74, 6) is 2.19. The third-order valence-electron chi connectivity index (χ3n) is 6.45. The lowest BCUT2D eigenvalue weighted by molar-refractivity contribution is -0.208. The fraction of sp³-hybridized carbons (Fsp3) is 0.478. The van der Waals surface area contributed by atoms with Gasteiger partial charge in [-0.3, -0.25) is 0 Å². The maximum absolute atomic E-state index is 11.5. The van der Waals surface area contributed by atoms with Gasteiger partial charge in [-0.2, -0.15) is 0 Å². The fourth-order valence-electron chi connectivity index (χ4n) is 5.08. The summed E-state index contributed by atoms with van der Waals surface area (Å²) in [5.41, 5.74) is 1.93. The van der Waals surface area contributed by atoms with Crippen LogP contribution in [0.5, 0.6) is 34.5 Å². The second-order valence-electron chi connectivity index (χ2n) is 7.98. The Morgan fingerprint density at radius 1 is 0.900 bits per heavy atom. The highest BCUT2D eigenvalue weighted by atomic mass is 16.7. The molecule has 1 fully saturated rings. The molecule has 0 radical (unpaired) electrons. The summed E-state index contributed by atoms with van der Waals surface area (Å²) >= 11 is 0. The van der Waals surface area contributed by atoms with Crippen molar-refractivity contribution < 1.29 is 33.5 Å². The van der Waals surface area contributed by atoms with E-state index >= 15 is 0 Å². The van der Waals surface area contributed by atoms with Crippen LogP contribution in [0, 0.1) is 5.92 Å². The number of rotatable bonds is 4. The van der Waals surface area contributed by atoms with Gasteiger partial charge in [-0.05, 0) is 36.6 Å². The van der Waals surface area contributed by atoms with E-state index in [1.807, 2.05) is 24.3 Å². The zero-order valence-electron chi connectivity index (χ0n) is 17.4. The maximum Gasteiger partial charge on any atom is 0.231 e. The van der Waals surface area contributed by atoms with Gasteiger partial charge in [0.15, 0.2) is 23.0 Å². The van der Waals surface area contributed by atoms with Crippen molar-refractivity contribution in [2.24, 2.45) is 5.92 Å². The lowest BCUT2D eigenvalue weighted by atomic mass is 9.68. The SMILES string of the molecule is COc1cc([C@@H]2c3cc4c(cc3O[C@@]3(O)CCCC[C@@H]23)OCO4)cc(OC)c1OC. The van der Waals surface area contributed by atoms with Crippen LogP contribution in [0.2, 0.25) is 0 Å². The lowest BCUT2D eigenvalue weighted by Gasteiger charge is -2.48. The zero-order valence-corrected chi connectivity index (χ0v) is 17.4. The molecule has 2 aliphatic heterocycles. The first kappa shape index (κ1) is 19.2. The predicted molar refractivity (Wildman–Crippen MR) is 108 cm³/mol. The summed E-state index contributed by atoms with van der Waals surface area (Å²) < 4.78 is 34.0. The summed E-state index contributed by atoms with van der Waals surface area (Å²) in [5, 5.41) is 11.5. The molecule has 0 bridgehead atoms. The van der Waals surface area contributed by atoms with Crippen LogP contribution in [0.4, 0.5) is 0 Å². The average molecular weight is 414 g/mol. The first-order valence-electron chi connectivity index (χ1n) is 10.2. The van der Waals surface area contributed by atoms with E-state index in [-0.39, 0.29) is 18.6 Å². The smallest absolute Gasteiger partial charge is 0.231 e. The normalized spacial score (nSPS) is 26.3. The second kappa shape index (κ2) is 7.16. The molecule has 5 rings (SSSR count). The fourth-order valence-corrected chi connectivity index (χ4v) is 5.08. The van der Waals surface area contributed by atoms with Crippen LogP contribution in [0.1, 0.15) is 42.7 Å². The van der Waals surface area contributed by atoms with E-state index < -0.39 is 5.79 Å². The first-order valence-corrected chi connectivity index (χ1v) is 10.2. The monoisotopic (exact) mass is 414 g/mol. The molecule has 2 aromatic carbocycles. The van der Waals surface area contributed by atoms with Crippen molar-refractivity contribution >= 4 is 0 Å². The number of fused-ring (bicyclic) bond motifs is 3. The van der Waals surface area contributed by atoms with Crippen molar-refractivity contribution in [2.45, 2.75) is 37.4 Å². The van der Waals surface area contributed by atoms with Crippen molar-refractivity contribution in [3.63, 3.8) is 0 Å². The Balaban J connectivity index is 1.72. The van der Waals surface area contributed by atoms with E-state index in [0.29, 0.717) is 40.9 Å². The molecule has 0 spiro atoms. The second-order valence-corrected chi connectivity index (χ2v) is 7.98. The lowest BCUT2D eigenvalue weighted by Crippen LogP contribution is -2.51. The predicted octanol–water partition coefficient (Wildman–Crippen LogP) is 3.84. The minimum atomic E-state index is -1.23. The van der Waals surface area contributed by atoms with Crippen LogP contribution in [0.15, 0.2) is 24.3 Å². The Morgan fingerprint density at radius 3 is 2.27 bits per heavy atom. The van der Waals surface area contributed by atoms with Gasteiger partial charge in [-0.25, -0.2) is 0 Å². The maximum atomic E-state index is 11.5. The summed E-state index contributed by atoms with van der Waals surface area (Å²) in [6.07, 6.45) is 3.41. The molecule has 1 saturated carbocycles. The molecular weight excluding hydrogens is 388 g/mol. The topological polar surface area (TPSA) is 75.6 Å². The van der Waals surface area contributed by atoms with Crippen molar-refractivity contribution in [3.8, 4) is 34.5 Å². The number of hydrogen-bond acceptors (Lipinski definition) is 7. The number of hydrogen-bond donors (Lipinski definition) is 1. The summed E-state index contributed by atoms with van der Waals surface area (Å²) in [4.78, 5) is 0. The van der Waals surface area contributed by atoms with E-state index in [9.17, 15) is 5.11 Å². The molecule has 3 aliphatic rings. The minimum Gasteiger partial charge on any atom is -0.493 e. The third-order valence-corrected chi connectivity index (χ3v) is 6.45. The van der Waals surface area contributed by atoms with Gasteiger partial charge in [-0.1, -0.05) is 6.42 Å². The molecule has 0 amide bonds. The van der Waals surface area contributed by atoms with Crippen LogP contribution < -0.4 is 28.4 Å². The van der Waals surface area contributed by atoms with Crippen molar-refractivity contribution in [2.75, 3.05) is 28.1 Å². The van der Waals surface area contributed by atoms with Crippen LogP contribution in [-0.2, 0) is 0 Å². The van der Waals surface area contributed by atoms with Gasteiger partial charge >= 0.3 is 0 Å². The third kappa shape index (κ3) is 2.83. The quantitative estimate of drug-likeness (QED) is 0.815. The number of ether oxygens (including phenoxy) is 6. The van der Waals surface area contributed by atoms with Gasteiger partial charge in [0.1, 0.15) is 5.75 Å². The molecule has 30 heavy (non-hydrogen) atoms. The van der Waals surface area contributed by atoms with Crippen molar-refractivity contribution in [3.05, 3.63) is 35.4 Å². The van der Waals surface area contributed by atoms with Crippen molar-refractivity contribution in [1.29, 1.82) is 0 Å². The van der Waals surface area contributed by atoms with E-state index in [2.05, 4.69) is 0 Å². The Kier molecular flexibility index (Phi) is 4.58. The molecule has 2 aromatic rings. The summed E-state index contributed by atoms with van der Waals surface area (Å²) in [7, 11) is 4.80. The minimum absolute atomic E-state index is 0.109. The Morgan fingerprint density at radius 2 is 1.60 bits per heavy atom. The standard InChI is InChI=1S/C23H26O7/c1-25-19-8-13(9-20(26-2)22(19)27-3)21-14-10-17-18(29-12-28-17)11-16(14)30-23(24)7-5-4-6-15(21)23/h8-11,15,21,24H,4-7,12H2,1-3H3/t15-,21+,23-/m0/s1. The first-order chi connectivity index (χ1) is 14.6. The molecule has 0 unspecified atom stereocenters. The molecule has 7 heteroatoms. The molecule has 0 aromatic heterocycles. The Labute approximate surface area is 175 Å². The van der Waals surface area contributed by atoms with Gasteiger partial charge < -0.3 is 33.5 Å².